The standard InChI is InChI=1S/C7H9NO2/c1-8-5-3-4-6(8)7(9)10-2/h3-5H,1-2H3/i4D. The highest BCUT2D eigenvalue weighted by atomic mass is 16.5. The van der Waals surface area contributed by atoms with E-state index in [0.29, 0.717) is 0 Å². The maximum absolute atomic E-state index is 11.0. The summed E-state index contributed by atoms with van der Waals surface area (Å²) >= 11 is 0. The Kier molecular flexibility index (Phi) is 1.41. The van der Waals surface area contributed by atoms with Crippen LogP contribution in [-0.4, -0.2) is 17.6 Å². The Labute approximate surface area is 60.6 Å². The summed E-state index contributed by atoms with van der Waals surface area (Å²) in [6.07, 6.45) is 1.65. The van der Waals surface area contributed by atoms with E-state index in [-0.39, 0.29) is 11.7 Å². The van der Waals surface area contributed by atoms with Crippen molar-refractivity contribution in [2.24, 2.45) is 7.05 Å². The lowest BCUT2D eigenvalue weighted by Crippen LogP contribution is -2.06. The molecule has 1 rings (SSSR count). The van der Waals surface area contributed by atoms with Gasteiger partial charge in [-0.05, 0) is 12.1 Å². The Morgan fingerprint density at radius 3 is 3.00 bits per heavy atom. The smallest absolute Gasteiger partial charge is 0.354 e. The molecule has 10 heavy (non-hydrogen) atoms. The first kappa shape index (κ1) is 5.53. The highest BCUT2D eigenvalue weighted by molar-refractivity contribution is 5.87. The molecule has 54 valence electrons. The van der Waals surface area contributed by atoms with Gasteiger partial charge in [-0.2, -0.15) is 0 Å². The molecular weight excluding hydrogens is 130 g/mol. The number of carbonyl (C=O) groups excluding carboxylic acids is 1. The summed E-state index contributed by atoms with van der Waals surface area (Å²) < 4.78 is 13.3. The lowest BCUT2D eigenvalue weighted by atomic mass is 10.4. The molecule has 0 aliphatic rings. The van der Waals surface area contributed by atoms with Crippen LogP contribution in [-0.2, 0) is 11.8 Å². The van der Waals surface area contributed by atoms with Gasteiger partial charge in [0.15, 0.2) is 0 Å². The molecule has 0 aliphatic heterocycles. The lowest BCUT2D eigenvalue weighted by molar-refractivity contribution is 0.0590. The molecule has 1 aromatic heterocycles. The molecule has 0 radical (unpaired) electrons. The minimum absolute atomic E-state index is 0.194. The van der Waals surface area contributed by atoms with Gasteiger partial charge in [-0.3, -0.25) is 0 Å². The van der Waals surface area contributed by atoms with Gasteiger partial charge in [-0.15, -0.1) is 0 Å². The van der Waals surface area contributed by atoms with Crippen molar-refractivity contribution in [2.45, 2.75) is 0 Å². The third kappa shape index (κ3) is 1.03. The summed E-state index contributed by atoms with van der Waals surface area (Å²) in [7, 11) is 3.00. The molecule has 0 N–H and O–H groups in total. The number of nitrogens with zero attached hydrogens (tertiary/aromatic N) is 1. The van der Waals surface area contributed by atoms with Crippen molar-refractivity contribution >= 4 is 5.97 Å². The van der Waals surface area contributed by atoms with Crippen LogP contribution in [0.1, 0.15) is 11.9 Å². The highest BCUT2D eigenvalue weighted by Crippen LogP contribution is 2.00. The summed E-state index contributed by atoms with van der Waals surface area (Å²) in [5.41, 5.74) is 0.285. The fourth-order valence-electron chi connectivity index (χ4n) is 0.704. The van der Waals surface area contributed by atoms with E-state index in [1.54, 1.807) is 23.9 Å². The maximum atomic E-state index is 11.0. The predicted octanol–water partition coefficient (Wildman–Crippen LogP) is 0.812. The minimum Gasteiger partial charge on any atom is -0.464 e. The summed E-state index contributed by atoms with van der Waals surface area (Å²) in [4.78, 5) is 11.0. The zero-order valence-corrected chi connectivity index (χ0v) is 5.92. The fourth-order valence-corrected chi connectivity index (χ4v) is 0.704. The molecule has 0 atom stereocenters. The second-order valence-corrected chi connectivity index (χ2v) is 1.91. The molecule has 0 aliphatic carbocycles. The molecule has 0 fully saturated rings. The predicted molar refractivity (Wildman–Crippen MR) is 36.8 cm³/mol. The van der Waals surface area contributed by atoms with Gasteiger partial charge in [0.1, 0.15) is 5.69 Å². The largest absolute Gasteiger partial charge is 0.464 e. The van der Waals surface area contributed by atoms with Crippen molar-refractivity contribution < 1.29 is 10.9 Å². The number of hydrogen-bond donors (Lipinski definition) is 0. The van der Waals surface area contributed by atoms with Gasteiger partial charge >= 0.3 is 5.97 Å². The van der Waals surface area contributed by atoms with E-state index in [2.05, 4.69) is 4.74 Å². The number of aromatic nitrogens is 1. The van der Waals surface area contributed by atoms with Crippen LogP contribution in [0.5, 0.6) is 0 Å². The second kappa shape index (κ2) is 2.56. The van der Waals surface area contributed by atoms with Crippen LogP contribution in [0.25, 0.3) is 0 Å². The Balaban J connectivity index is 3.10. The third-order valence-electron chi connectivity index (χ3n) is 1.25. The number of rotatable bonds is 1. The Morgan fingerprint density at radius 1 is 1.90 bits per heavy atom. The number of carbonyl (C=O) groups is 1. The van der Waals surface area contributed by atoms with Gasteiger partial charge in [0, 0.05) is 13.2 Å². The molecule has 0 saturated heterocycles. The quantitative estimate of drug-likeness (QED) is 0.540. The monoisotopic (exact) mass is 140 g/mol. The number of methoxy groups -OCH3 is 1. The summed E-state index contributed by atoms with van der Waals surface area (Å²) in [5, 5.41) is 0. The van der Waals surface area contributed by atoms with E-state index in [4.69, 9.17) is 1.37 Å². The summed E-state index contributed by atoms with van der Waals surface area (Å²) in [5.74, 6) is -0.470. The molecule has 0 amide bonds. The molecule has 0 bridgehead atoms. The van der Waals surface area contributed by atoms with Gasteiger partial charge in [0.05, 0.1) is 8.48 Å². The van der Waals surface area contributed by atoms with Crippen LogP contribution in [0, 0.1) is 0 Å². The van der Waals surface area contributed by atoms with Crippen LogP contribution in [0.3, 0.4) is 0 Å². The average molecular weight is 140 g/mol. The number of esters is 1. The zero-order valence-electron chi connectivity index (χ0n) is 6.92. The van der Waals surface area contributed by atoms with Gasteiger partial charge in [0.2, 0.25) is 0 Å². The van der Waals surface area contributed by atoms with Crippen molar-refractivity contribution in [3.8, 4) is 0 Å². The van der Waals surface area contributed by atoms with E-state index in [1.807, 2.05) is 0 Å². The Morgan fingerprint density at radius 2 is 2.60 bits per heavy atom. The highest BCUT2D eigenvalue weighted by Gasteiger charge is 2.06. The van der Waals surface area contributed by atoms with E-state index in [0.717, 1.165) is 0 Å². The third-order valence-corrected chi connectivity index (χ3v) is 1.25. The van der Waals surface area contributed by atoms with Crippen molar-refractivity contribution in [2.75, 3.05) is 7.11 Å². The first-order valence-electron chi connectivity index (χ1n) is 3.37. The molecule has 3 nitrogen and oxygen atoms in total. The molecule has 0 spiro atoms. The fraction of sp³-hybridized carbons (Fsp3) is 0.286. The molecule has 1 heterocycles. The first-order valence-corrected chi connectivity index (χ1v) is 2.87. The Bertz CT molecular complexity index is 260. The van der Waals surface area contributed by atoms with Crippen LogP contribution in [0.2, 0.25) is 0 Å². The van der Waals surface area contributed by atoms with Gasteiger partial charge in [-0.25, -0.2) is 4.79 Å². The normalized spacial score (nSPS) is 10.8. The van der Waals surface area contributed by atoms with Crippen LogP contribution < -0.4 is 0 Å². The zero-order chi connectivity index (χ0) is 8.43. The number of aryl methyl sites for hydroxylation is 1. The average Bonchev–Trinajstić information content (AvgIpc) is 2.30. The van der Waals surface area contributed by atoms with Crippen LogP contribution >= 0.6 is 0 Å². The maximum Gasteiger partial charge on any atom is 0.354 e. The molecule has 0 unspecified atom stereocenters. The minimum atomic E-state index is -0.470. The van der Waals surface area contributed by atoms with Crippen molar-refractivity contribution in [1.82, 2.24) is 4.57 Å². The lowest BCUT2D eigenvalue weighted by Gasteiger charge is -1.98. The van der Waals surface area contributed by atoms with Crippen molar-refractivity contribution in [3.63, 3.8) is 0 Å². The summed E-state index contributed by atoms with van der Waals surface area (Å²) in [6, 6.07) is 1.74. The molecule has 0 saturated carbocycles. The summed E-state index contributed by atoms with van der Waals surface area (Å²) in [6.45, 7) is 0. The van der Waals surface area contributed by atoms with E-state index in [9.17, 15) is 4.79 Å². The molecular formula is C7H9NO2. The van der Waals surface area contributed by atoms with Gasteiger partial charge < -0.3 is 9.30 Å². The molecule has 1 aromatic rings. The van der Waals surface area contributed by atoms with Crippen molar-refractivity contribution in [3.05, 3.63) is 24.0 Å². The van der Waals surface area contributed by atoms with Crippen LogP contribution in [0.4, 0.5) is 0 Å². The Hall–Kier alpha value is -1.25. The number of hydrogen-bond acceptors (Lipinski definition) is 2. The van der Waals surface area contributed by atoms with Gasteiger partial charge in [0.25, 0.3) is 0 Å². The van der Waals surface area contributed by atoms with E-state index in [1.165, 1.54) is 7.11 Å². The SMILES string of the molecule is [2H]c1ccn(C)c1C(=O)OC. The molecule has 0 aromatic carbocycles. The van der Waals surface area contributed by atoms with Gasteiger partial charge in [-0.1, -0.05) is 0 Å². The van der Waals surface area contributed by atoms with E-state index < -0.39 is 5.97 Å². The molecule has 3 heteroatoms. The second-order valence-electron chi connectivity index (χ2n) is 1.91. The first-order chi connectivity index (χ1) is 5.16. The van der Waals surface area contributed by atoms with Crippen molar-refractivity contribution in [1.29, 1.82) is 0 Å². The topological polar surface area (TPSA) is 31.2 Å². The number of ether oxygens (including phenoxy) is 1. The van der Waals surface area contributed by atoms with Crippen LogP contribution in [0.15, 0.2) is 18.3 Å². The van der Waals surface area contributed by atoms with E-state index >= 15 is 0 Å².